The Labute approximate surface area is 601 Å². The molecule has 1 aliphatic carbocycles. The summed E-state index contributed by atoms with van der Waals surface area (Å²) in [6.45, 7) is 23.6. The van der Waals surface area contributed by atoms with Gasteiger partial charge in [0, 0.05) is 66.1 Å². The second-order valence-electron chi connectivity index (χ2n) is 26.3. The van der Waals surface area contributed by atoms with Gasteiger partial charge in [-0.15, -0.1) is 0 Å². The Morgan fingerprint density at radius 1 is 0.490 bits per heavy atom. The van der Waals surface area contributed by atoms with Gasteiger partial charge in [-0.1, -0.05) is 91.3 Å². The van der Waals surface area contributed by atoms with Gasteiger partial charge < -0.3 is 98.0 Å². The fraction of sp³-hybridized carbons (Fsp3) is 0.726. The van der Waals surface area contributed by atoms with E-state index in [1.165, 1.54) is 39.5 Å². The predicted molar refractivity (Wildman–Crippen MR) is 373 cm³/mol. The first-order chi connectivity index (χ1) is 48.9. The van der Waals surface area contributed by atoms with Crippen molar-refractivity contribution in [1.29, 1.82) is 0 Å². The van der Waals surface area contributed by atoms with Gasteiger partial charge in [-0.3, -0.25) is 43.3 Å². The van der Waals surface area contributed by atoms with E-state index in [1.54, 1.807) is 24.3 Å². The van der Waals surface area contributed by atoms with Gasteiger partial charge in [-0.05, 0) is 71.8 Å². The van der Waals surface area contributed by atoms with Crippen LogP contribution in [0.1, 0.15) is 108 Å². The summed E-state index contributed by atoms with van der Waals surface area (Å²) in [5.41, 5.74) is 2.45. The van der Waals surface area contributed by atoms with Crippen molar-refractivity contribution in [2.45, 2.75) is 170 Å². The molecule has 2 saturated heterocycles. The highest BCUT2D eigenvalue weighted by Crippen LogP contribution is 2.38. The second-order valence-corrected chi connectivity index (χ2v) is 26.3. The molecule has 5 amide bonds. The zero-order valence-corrected chi connectivity index (χ0v) is 61.9. The maximum Gasteiger partial charge on any atom is 0.302 e. The van der Waals surface area contributed by atoms with Crippen molar-refractivity contribution in [3.8, 4) is 16.9 Å². The van der Waals surface area contributed by atoms with Crippen molar-refractivity contribution in [2.24, 2.45) is 35.5 Å². The zero-order valence-electron chi connectivity index (χ0n) is 61.9. The number of phenols is 1. The van der Waals surface area contributed by atoms with Crippen LogP contribution in [0.15, 0.2) is 48.5 Å². The normalized spacial score (nSPS) is 25.2. The van der Waals surface area contributed by atoms with Crippen LogP contribution in [0, 0.1) is 35.5 Å². The van der Waals surface area contributed by atoms with E-state index < -0.39 is 78.7 Å². The maximum atomic E-state index is 14.6. The summed E-state index contributed by atoms with van der Waals surface area (Å²) in [4.78, 5) is 104. The van der Waals surface area contributed by atoms with E-state index >= 15 is 0 Å². The van der Waals surface area contributed by atoms with E-state index in [0.29, 0.717) is 12.8 Å². The van der Waals surface area contributed by atoms with Crippen LogP contribution >= 0.6 is 0 Å². The molecule has 0 spiro atoms. The lowest BCUT2D eigenvalue weighted by Crippen LogP contribution is -2.62. The quantitative estimate of drug-likeness (QED) is 0.0309. The topological polar surface area (TPSA) is 349 Å². The number of carbonyl (C=O) groups excluding carboxylic acids is 8. The average Bonchev–Trinajstić information content (AvgIpc) is 0.794. The van der Waals surface area contributed by atoms with E-state index in [4.69, 9.17) is 66.3 Å². The molecule has 102 heavy (non-hydrogen) atoms. The molecule has 5 rings (SSSR count). The van der Waals surface area contributed by atoms with E-state index in [-0.39, 0.29) is 216 Å². The molecule has 16 atom stereocenters. The summed E-state index contributed by atoms with van der Waals surface area (Å²) in [5, 5.41) is 24.3. The Morgan fingerprint density at radius 3 is 1.43 bits per heavy atom. The predicted octanol–water partition coefficient (Wildman–Crippen LogP) is 4.05. The molecule has 29 nitrogen and oxygen atoms in total. The lowest BCUT2D eigenvalue weighted by molar-refractivity contribution is -0.258. The minimum absolute atomic E-state index is 0.0149. The Kier molecular flexibility index (Phi) is 39.8. The molecular weight excluding hydrogens is 1330 g/mol. The number of amides is 5. The van der Waals surface area contributed by atoms with Gasteiger partial charge >= 0.3 is 17.9 Å². The van der Waals surface area contributed by atoms with Crippen LogP contribution in [-0.2, 0) is 111 Å². The first kappa shape index (κ1) is 86.2. The molecule has 1 unspecified atom stereocenters. The van der Waals surface area contributed by atoms with Crippen LogP contribution in [0.3, 0.4) is 0 Å². The van der Waals surface area contributed by atoms with Crippen LogP contribution < -0.4 is 26.6 Å². The summed E-state index contributed by atoms with van der Waals surface area (Å²) in [7, 11) is 0. The molecule has 3 aliphatic rings. The van der Waals surface area contributed by atoms with Gasteiger partial charge in [0.15, 0.2) is 12.6 Å². The molecule has 0 bridgehead atoms. The summed E-state index contributed by atoms with van der Waals surface area (Å²) in [5.74, 6) is -2.58. The number of ether oxygens (including phenoxy) is 14. The molecule has 6 N–H and O–H groups in total. The molecular formula is C73H116N6O23. The second kappa shape index (κ2) is 47.1. The van der Waals surface area contributed by atoms with Crippen LogP contribution in [0.4, 0.5) is 0 Å². The summed E-state index contributed by atoms with van der Waals surface area (Å²) < 4.78 is 81.9. The van der Waals surface area contributed by atoms with Crippen LogP contribution in [0.25, 0.3) is 11.1 Å². The Balaban J connectivity index is 1.16. The minimum Gasteiger partial charge on any atom is -0.508 e. The third-order valence-electron chi connectivity index (χ3n) is 18.7. The molecule has 2 aliphatic heterocycles. The third-order valence-corrected chi connectivity index (χ3v) is 18.7. The van der Waals surface area contributed by atoms with Gasteiger partial charge in [0.05, 0.1) is 143 Å². The number of esters is 3. The largest absolute Gasteiger partial charge is 0.508 e. The molecule has 576 valence electrons. The monoisotopic (exact) mass is 1440 g/mol. The number of carbonyl (C=O) groups is 8. The van der Waals surface area contributed by atoms with Gasteiger partial charge in [-0.2, -0.15) is 0 Å². The molecule has 29 heteroatoms. The maximum absolute atomic E-state index is 14.6. The molecule has 2 aromatic rings. The van der Waals surface area contributed by atoms with E-state index in [9.17, 15) is 43.5 Å². The van der Waals surface area contributed by atoms with Gasteiger partial charge in [0.1, 0.15) is 30.6 Å². The summed E-state index contributed by atoms with van der Waals surface area (Å²) in [6, 6.07) is 12.0. The molecule has 0 radical (unpaired) electrons. The Hall–Kier alpha value is -6.48. The van der Waals surface area contributed by atoms with E-state index in [1.807, 2.05) is 45.0 Å². The number of nitrogens with zero attached hydrogens (tertiary/aromatic N) is 1. The number of rotatable bonds is 47. The van der Waals surface area contributed by atoms with Crippen LogP contribution in [0.2, 0.25) is 0 Å². The van der Waals surface area contributed by atoms with Crippen LogP contribution in [0.5, 0.6) is 5.75 Å². The fourth-order valence-corrected chi connectivity index (χ4v) is 12.9. The van der Waals surface area contributed by atoms with Crippen molar-refractivity contribution in [2.75, 3.05) is 138 Å². The highest BCUT2D eigenvalue weighted by atomic mass is 16.7. The third kappa shape index (κ3) is 30.7. The number of hydrogen-bond acceptors (Lipinski definition) is 24. The van der Waals surface area contributed by atoms with Crippen LogP contribution in [-0.4, -0.2) is 257 Å². The first-order valence-corrected chi connectivity index (χ1v) is 36.0. The highest BCUT2D eigenvalue weighted by molar-refractivity contribution is 5.86. The van der Waals surface area contributed by atoms with Crippen molar-refractivity contribution in [3.05, 3.63) is 54.1 Å². The van der Waals surface area contributed by atoms with E-state index in [2.05, 4.69) is 54.3 Å². The van der Waals surface area contributed by atoms with Gasteiger partial charge in [0.25, 0.3) is 0 Å². The Bertz CT molecular complexity index is 2820. The van der Waals surface area contributed by atoms with Gasteiger partial charge in [-0.25, -0.2) is 0 Å². The SMILES string of the molecule is CC[C@H]1C[C@@H](OCCOCCOCCNC(=O)C(Cc2ccc(-c3ccc(O)cc3)cc2)N(CC(=O)NCCOCCOCCO[C@@H]2O[C@H](COC(C)=O)[C@H](C)[C@H](C)[C@H]2C)CC(=O)NCCOCCOCCO[C@@H]2O[C@H](CC)[C@H](C)[C@H](OC(C)=O)[C@H]2NC(C)=O)[C@H](NC(C)=O)[C@@H](OC(C)=O)[C@H]1C. The standard InChI is InChI=1S/C73H116N6O23/c1-13-57-42-63(67(77-51(8)80)69(49(57)6)99-54(11)83)95-38-35-92-32-31-91-28-25-76-71(88)61(41-56-15-17-58(18-16-56)59-19-21-60(85)22-20-59)79(43-65(86)74-23-26-89-29-33-93-36-39-96-72-48(5)46(3)47(4)64(102-72)45-98-53(10)82)44-66(87)75-24-27-90-30-34-94-37-40-97-73-68(78-52(9)81)70(100-55(12)84)50(7)62(14-2)101-73/h15-22,46-50,57,61-64,67-70,72-73,85H,13-14,23-45H2,1-12H3,(H,74,86)(H,75,87)(H,76,88)(H,77,80)(H,78,81)/t46-,47+,48+,49-,50-,57-,61?,62+,63+,64+,67-,68+,69-,70-,72+,73+/m0/s1. The zero-order chi connectivity index (χ0) is 74.5. The number of nitrogens with one attached hydrogen (secondary N) is 5. The number of phenolic OH excluding ortho intramolecular Hbond substituents is 1. The lowest BCUT2D eigenvalue weighted by atomic mass is 9.73. The molecule has 3 fully saturated rings. The van der Waals surface area contributed by atoms with E-state index in [0.717, 1.165) is 23.1 Å². The number of aromatic hydroxyl groups is 1. The smallest absolute Gasteiger partial charge is 0.302 e. The van der Waals surface area contributed by atoms with Gasteiger partial charge in [0.2, 0.25) is 29.5 Å². The molecule has 2 aromatic carbocycles. The van der Waals surface area contributed by atoms with Crippen molar-refractivity contribution in [3.63, 3.8) is 0 Å². The molecule has 1 saturated carbocycles. The number of hydrogen-bond donors (Lipinski definition) is 6. The summed E-state index contributed by atoms with van der Waals surface area (Å²) in [6.07, 6.45) is -1.30. The van der Waals surface area contributed by atoms with Crippen molar-refractivity contribution in [1.82, 2.24) is 31.5 Å². The lowest BCUT2D eigenvalue weighted by Gasteiger charge is -2.45. The van der Waals surface area contributed by atoms with Crippen molar-refractivity contribution < 1.29 is 110 Å². The molecule has 2 heterocycles. The Morgan fingerprint density at radius 2 is 0.941 bits per heavy atom. The number of benzene rings is 2. The van der Waals surface area contributed by atoms with Crippen molar-refractivity contribution >= 4 is 47.4 Å². The average molecular weight is 1450 g/mol. The highest BCUT2D eigenvalue weighted by Gasteiger charge is 2.48. The molecule has 0 aromatic heterocycles. The fourth-order valence-electron chi connectivity index (χ4n) is 12.9. The summed E-state index contributed by atoms with van der Waals surface area (Å²) >= 11 is 0. The minimum atomic E-state index is -1.05. The first-order valence-electron chi connectivity index (χ1n) is 36.0.